The lowest BCUT2D eigenvalue weighted by molar-refractivity contribution is 0.0235. The molecular weight excluding hydrogens is 270 g/mol. The van der Waals surface area contributed by atoms with Crippen LogP contribution in [0.4, 0.5) is 10.6 Å². The van der Waals surface area contributed by atoms with Crippen LogP contribution in [0.2, 0.25) is 0 Å². The smallest absolute Gasteiger partial charge is 0.410 e. The second kappa shape index (κ2) is 6.20. The van der Waals surface area contributed by atoms with Crippen LogP contribution < -0.4 is 5.32 Å². The fraction of sp³-hybridized carbons (Fsp3) is 0.600. The Morgan fingerprint density at radius 2 is 2.33 bits per heavy atom. The largest absolute Gasteiger partial charge is 0.504 e. The van der Waals surface area contributed by atoms with Crippen LogP contribution in [0.5, 0.6) is 5.75 Å². The fourth-order valence-corrected chi connectivity index (χ4v) is 2.36. The zero-order valence-electron chi connectivity index (χ0n) is 12.8. The van der Waals surface area contributed by atoms with Crippen LogP contribution in [-0.4, -0.2) is 45.8 Å². The Morgan fingerprint density at radius 1 is 1.57 bits per heavy atom. The van der Waals surface area contributed by atoms with E-state index in [0.29, 0.717) is 18.9 Å². The molecule has 1 aliphatic rings. The van der Waals surface area contributed by atoms with Crippen LogP contribution >= 0.6 is 0 Å². The maximum absolute atomic E-state index is 12.2. The van der Waals surface area contributed by atoms with E-state index < -0.39 is 5.60 Å². The Morgan fingerprint density at radius 3 is 3.00 bits per heavy atom. The van der Waals surface area contributed by atoms with Gasteiger partial charge < -0.3 is 20.1 Å². The van der Waals surface area contributed by atoms with Crippen molar-refractivity contribution in [3.8, 4) is 5.75 Å². The Balaban J connectivity index is 1.93. The monoisotopic (exact) mass is 293 g/mol. The standard InChI is InChI=1S/C15H23N3O3/c1-15(2,3)21-14(20)18-9-5-6-11(18)10-17-13-12(19)7-4-8-16-13/h4,7-8,11,19H,5-6,9-10H2,1-3H3,(H,16,17)/t11-/m0/s1. The summed E-state index contributed by atoms with van der Waals surface area (Å²) in [6, 6.07) is 3.31. The number of ether oxygens (including phenoxy) is 1. The highest BCUT2D eigenvalue weighted by molar-refractivity contribution is 5.69. The number of rotatable bonds is 3. The van der Waals surface area contributed by atoms with E-state index in [2.05, 4.69) is 10.3 Å². The van der Waals surface area contributed by atoms with Crippen LogP contribution in [0.25, 0.3) is 0 Å². The zero-order chi connectivity index (χ0) is 15.5. The summed E-state index contributed by atoms with van der Waals surface area (Å²) < 4.78 is 5.42. The third-order valence-electron chi connectivity index (χ3n) is 3.30. The van der Waals surface area contributed by atoms with Gasteiger partial charge in [0.2, 0.25) is 0 Å². The van der Waals surface area contributed by atoms with Gasteiger partial charge in [0.1, 0.15) is 5.60 Å². The molecule has 1 aromatic heterocycles. The average Bonchev–Trinajstić information content (AvgIpc) is 2.84. The third-order valence-corrected chi connectivity index (χ3v) is 3.30. The molecule has 6 nitrogen and oxygen atoms in total. The van der Waals surface area contributed by atoms with Crippen molar-refractivity contribution >= 4 is 11.9 Å². The predicted octanol–water partition coefficient (Wildman–Crippen LogP) is 2.60. The van der Waals surface area contributed by atoms with E-state index in [-0.39, 0.29) is 17.9 Å². The first-order chi connectivity index (χ1) is 9.87. The Hall–Kier alpha value is -1.98. The summed E-state index contributed by atoms with van der Waals surface area (Å²) in [6.07, 6.45) is 3.21. The van der Waals surface area contributed by atoms with Crippen LogP contribution in [-0.2, 0) is 4.74 Å². The topological polar surface area (TPSA) is 74.7 Å². The van der Waals surface area contributed by atoms with Gasteiger partial charge in [-0.3, -0.25) is 0 Å². The van der Waals surface area contributed by atoms with E-state index in [0.717, 1.165) is 12.8 Å². The molecule has 1 aromatic rings. The lowest BCUT2D eigenvalue weighted by Crippen LogP contribution is -2.42. The minimum Gasteiger partial charge on any atom is -0.504 e. The number of likely N-dealkylation sites (tertiary alicyclic amines) is 1. The first-order valence-corrected chi connectivity index (χ1v) is 7.24. The Labute approximate surface area is 125 Å². The predicted molar refractivity (Wildman–Crippen MR) is 80.4 cm³/mol. The molecule has 21 heavy (non-hydrogen) atoms. The normalized spacial score (nSPS) is 18.6. The van der Waals surface area contributed by atoms with E-state index in [1.165, 1.54) is 0 Å². The van der Waals surface area contributed by atoms with Crippen LogP contribution in [0.15, 0.2) is 18.3 Å². The van der Waals surface area contributed by atoms with E-state index in [1.807, 2.05) is 20.8 Å². The van der Waals surface area contributed by atoms with Crippen LogP contribution in [0, 0.1) is 0 Å². The molecule has 1 fully saturated rings. The van der Waals surface area contributed by atoms with Crippen molar-refractivity contribution in [1.29, 1.82) is 0 Å². The molecule has 1 amide bonds. The van der Waals surface area contributed by atoms with Gasteiger partial charge in [-0.15, -0.1) is 0 Å². The van der Waals surface area contributed by atoms with Gasteiger partial charge in [-0.2, -0.15) is 0 Å². The number of hydrogen-bond acceptors (Lipinski definition) is 5. The molecule has 0 aliphatic carbocycles. The molecule has 0 unspecified atom stereocenters. The summed E-state index contributed by atoms with van der Waals surface area (Å²) in [5.74, 6) is 0.549. The Kier molecular flexibility index (Phi) is 4.55. The Bertz CT molecular complexity index is 499. The summed E-state index contributed by atoms with van der Waals surface area (Å²) in [7, 11) is 0. The molecule has 2 heterocycles. The second-order valence-corrected chi connectivity index (χ2v) is 6.22. The van der Waals surface area contributed by atoms with Crippen molar-refractivity contribution in [2.24, 2.45) is 0 Å². The van der Waals surface area contributed by atoms with Gasteiger partial charge >= 0.3 is 6.09 Å². The number of amides is 1. The number of nitrogens with one attached hydrogen (secondary N) is 1. The SMILES string of the molecule is CC(C)(C)OC(=O)N1CCC[C@H]1CNc1ncccc1O. The van der Waals surface area contributed by atoms with Crippen molar-refractivity contribution in [2.75, 3.05) is 18.4 Å². The van der Waals surface area contributed by atoms with E-state index in [9.17, 15) is 9.90 Å². The van der Waals surface area contributed by atoms with Crippen molar-refractivity contribution in [3.63, 3.8) is 0 Å². The van der Waals surface area contributed by atoms with Crippen molar-refractivity contribution < 1.29 is 14.6 Å². The second-order valence-electron chi connectivity index (χ2n) is 6.22. The quantitative estimate of drug-likeness (QED) is 0.896. The number of carbonyl (C=O) groups is 1. The summed E-state index contributed by atoms with van der Waals surface area (Å²) in [5, 5.41) is 12.8. The fourth-order valence-electron chi connectivity index (χ4n) is 2.36. The molecular formula is C15H23N3O3. The van der Waals surface area contributed by atoms with Crippen molar-refractivity contribution in [3.05, 3.63) is 18.3 Å². The molecule has 116 valence electrons. The lowest BCUT2D eigenvalue weighted by Gasteiger charge is -2.28. The van der Waals surface area contributed by atoms with Gasteiger partial charge in [-0.1, -0.05) is 0 Å². The maximum atomic E-state index is 12.2. The molecule has 0 spiro atoms. The summed E-state index contributed by atoms with van der Waals surface area (Å²) in [6.45, 7) is 6.83. The average molecular weight is 293 g/mol. The first kappa shape index (κ1) is 15.4. The molecule has 1 saturated heterocycles. The van der Waals surface area contributed by atoms with E-state index >= 15 is 0 Å². The van der Waals surface area contributed by atoms with Gasteiger partial charge in [0.15, 0.2) is 11.6 Å². The van der Waals surface area contributed by atoms with Gasteiger partial charge in [0.05, 0.1) is 6.04 Å². The molecule has 0 radical (unpaired) electrons. The van der Waals surface area contributed by atoms with Crippen LogP contribution in [0.1, 0.15) is 33.6 Å². The molecule has 2 rings (SSSR count). The first-order valence-electron chi connectivity index (χ1n) is 7.24. The van der Waals surface area contributed by atoms with E-state index in [1.54, 1.807) is 23.2 Å². The zero-order valence-corrected chi connectivity index (χ0v) is 12.8. The number of carbonyl (C=O) groups excluding carboxylic acids is 1. The number of anilines is 1. The van der Waals surface area contributed by atoms with Crippen molar-refractivity contribution in [1.82, 2.24) is 9.88 Å². The molecule has 2 N–H and O–H groups in total. The minimum atomic E-state index is -0.489. The van der Waals surface area contributed by atoms with Gasteiger partial charge in [0, 0.05) is 19.3 Å². The highest BCUT2D eigenvalue weighted by atomic mass is 16.6. The summed E-state index contributed by atoms with van der Waals surface area (Å²) >= 11 is 0. The minimum absolute atomic E-state index is 0.0567. The summed E-state index contributed by atoms with van der Waals surface area (Å²) in [4.78, 5) is 18.0. The lowest BCUT2D eigenvalue weighted by atomic mass is 10.2. The third kappa shape index (κ3) is 4.24. The maximum Gasteiger partial charge on any atom is 0.410 e. The van der Waals surface area contributed by atoms with Crippen LogP contribution in [0.3, 0.4) is 0 Å². The van der Waals surface area contributed by atoms with Crippen molar-refractivity contribution in [2.45, 2.75) is 45.3 Å². The number of nitrogens with zero attached hydrogens (tertiary/aromatic N) is 2. The number of pyridine rings is 1. The molecule has 0 saturated carbocycles. The number of aromatic nitrogens is 1. The van der Waals surface area contributed by atoms with E-state index in [4.69, 9.17) is 4.74 Å². The van der Waals surface area contributed by atoms with Gasteiger partial charge in [-0.05, 0) is 45.7 Å². The van der Waals surface area contributed by atoms with Gasteiger partial charge in [-0.25, -0.2) is 9.78 Å². The van der Waals surface area contributed by atoms with Gasteiger partial charge in [0.25, 0.3) is 0 Å². The highest BCUT2D eigenvalue weighted by Crippen LogP contribution is 2.23. The highest BCUT2D eigenvalue weighted by Gasteiger charge is 2.32. The molecule has 1 aliphatic heterocycles. The molecule has 0 aromatic carbocycles. The molecule has 6 heteroatoms. The molecule has 0 bridgehead atoms. The molecule has 1 atom stereocenters. The summed E-state index contributed by atoms with van der Waals surface area (Å²) in [5.41, 5.74) is -0.489. The number of aromatic hydroxyl groups is 1. The number of hydrogen-bond donors (Lipinski definition) is 2.